The predicted octanol–water partition coefficient (Wildman–Crippen LogP) is 1.18. The van der Waals surface area contributed by atoms with Gasteiger partial charge in [0.05, 0.1) is 18.3 Å². The van der Waals surface area contributed by atoms with E-state index in [0.717, 1.165) is 6.42 Å². The molecular formula is C13H18F2O6S. The highest BCUT2D eigenvalue weighted by Crippen LogP contribution is 2.59. The molecule has 0 saturated heterocycles. The van der Waals surface area contributed by atoms with Gasteiger partial charge in [-0.05, 0) is 43.9 Å². The number of methoxy groups -OCH3 is 1. The van der Waals surface area contributed by atoms with E-state index in [2.05, 4.69) is 4.74 Å². The molecule has 0 aromatic carbocycles. The molecule has 0 aromatic heterocycles. The second-order valence-electron chi connectivity index (χ2n) is 6.91. The molecule has 126 valence electrons. The zero-order chi connectivity index (χ0) is 16.4. The SMILES string of the molecule is COC(=O)C(F)(F)S(=O)(=O)OC12CC3CC(CC(O)(C3)C1)C2. The first-order valence-electron chi connectivity index (χ1n) is 7.15. The van der Waals surface area contributed by atoms with Crippen LogP contribution in [0, 0.1) is 11.8 Å². The fourth-order valence-electron chi connectivity index (χ4n) is 4.73. The zero-order valence-corrected chi connectivity index (χ0v) is 12.9. The molecule has 0 spiro atoms. The summed E-state index contributed by atoms with van der Waals surface area (Å²) in [6, 6.07) is 0. The smallest absolute Gasteiger partial charge is 0.464 e. The monoisotopic (exact) mass is 340 g/mol. The molecule has 1 N–H and O–H groups in total. The zero-order valence-electron chi connectivity index (χ0n) is 12.0. The maximum Gasteiger partial charge on any atom is 0.466 e. The number of carbonyl (C=O) groups excluding carboxylic acids is 1. The number of ether oxygens (including phenoxy) is 1. The van der Waals surface area contributed by atoms with E-state index in [4.69, 9.17) is 4.18 Å². The van der Waals surface area contributed by atoms with E-state index in [0.29, 0.717) is 32.8 Å². The van der Waals surface area contributed by atoms with Gasteiger partial charge in [0.1, 0.15) is 0 Å². The third-order valence-corrected chi connectivity index (χ3v) is 6.37. The highest BCUT2D eigenvalue weighted by molar-refractivity contribution is 7.88. The van der Waals surface area contributed by atoms with Gasteiger partial charge in [-0.3, -0.25) is 4.18 Å². The number of hydrogen-bond donors (Lipinski definition) is 1. The Morgan fingerprint density at radius 1 is 1.23 bits per heavy atom. The van der Waals surface area contributed by atoms with Gasteiger partial charge in [0.25, 0.3) is 0 Å². The fraction of sp³-hybridized carbons (Fsp3) is 0.923. The van der Waals surface area contributed by atoms with Crippen molar-refractivity contribution in [3.05, 3.63) is 0 Å². The maximum atomic E-state index is 13.7. The van der Waals surface area contributed by atoms with Crippen LogP contribution in [0.15, 0.2) is 0 Å². The molecule has 0 aromatic rings. The van der Waals surface area contributed by atoms with E-state index in [1.54, 1.807) is 0 Å². The Bertz CT molecular complexity index is 588. The summed E-state index contributed by atoms with van der Waals surface area (Å²) in [6.45, 7) is 0. The van der Waals surface area contributed by atoms with E-state index in [1.165, 1.54) is 0 Å². The van der Waals surface area contributed by atoms with Crippen LogP contribution in [0.3, 0.4) is 0 Å². The number of carbonyl (C=O) groups is 1. The lowest BCUT2D eigenvalue weighted by Gasteiger charge is -2.59. The van der Waals surface area contributed by atoms with Crippen molar-refractivity contribution in [2.75, 3.05) is 7.11 Å². The van der Waals surface area contributed by atoms with Crippen LogP contribution in [0.1, 0.15) is 38.5 Å². The second kappa shape index (κ2) is 4.61. The molecule has 0 aliphatic heterocycles. The summed E-state index contributed by atoms with van der Waals surface area (Å²) >= 11 is 0. The third kappa shape index (κ3) is 2.33. The molecule has 4 bridgehead atoms. The number of aliphatic hydroxyl groups is 1. The summed E-state index contributed by atoms with van der Waals surface area (Å²) in [6.07, 6.45) is 2.55. The Hall–Kier alpha value is -0.800. The molecule has 6 nitrogen and oxygen atoms in total. The Balaban J connectivity index is 1.88. The number of alkyl halides is 2. The van der Waals surface area contributed by atoms with Crippen molar-refractivity contribution in [2.45, 2.75) is 55.0 Å². The van der Waals surface area contributed by atoms with Crippen LogP contribution in [0.25, 0.3) is 0 Å². The van der Waals surface area contributed by atoms with E-state index in [-0.39, 0.29) is 18.3 Å². The van der Waals surface area contributed by atoms with Gasteiger partial charge in [0.2, 0.25) is 0 Å². The van der Waals surface area contributed by atoms with Crippen LogP contribution in [-0.4, -0.2) is 43.1 Å². The molecule has 4 aliphatic rings. The van der Waals surface area contributed by atoms with Crippen LogP contribution in [0.5, 0.6) is 0 Å². The van der Waals surface area contributed by atoms with Gasteiger partial charge < -0.3 is 9.84 Å². The summed E-state index contributed by atoms with van der Waals surface area (Å²) in [5.74, 6) is -2.04. The summed E-state index contributed by atoms with van der Waals surface area (Å²) in [5.41, 5.74) is -2.39. The van der Waals surface area contributed by atoms with Crippen LogP contribution < -0.4 is 0 Å². The molecular weight excluding hydrogens is 322 g/mol. The summed E-state index contributed by atoms with van der Waals surface area (Å²) in [5, 5.41) is 5.71. The summed E-state index contributed by atoms with van der Waals surface area (Å²) in [4.78, 5) is 11.0. The van der Waals surface area contributed by atoms with Crippen LogP contribution in [0.2, 0.25) is 0 Å². The first kappa shape index (κ1) is 16.1. The number of halogens is 2. The molecule has 22 heavy (non-hydrogen) atoms. The normalized spacial score (nSPS) is 40.7. The van der Waals surface area contributed by atoms with Gasteiger partial charge in [0.15, 0.2) is 0 Å². The lowest BCUT2D eigenvalue weighted by atomic mass is 9.52. The van der Waals surface area contributed by atoms with Crippen molar-refractivity contribution in [3.63, 3.8) is 0 Å². The van der Waals surface area contributed by atoms with Crippen molar-refractivity contribution in [1.82, 2.24) is 0 Å². The van der Waals surface area contributed by atoms with Crippen LogP contribution in [-0.2, 0) is 23.8 Å². The standard InChI is InChI=1S/C13H18F2O6S/c1-20-10(16)13(14,15)22(18,19)21-12-5-8-2-9(6-12)4-11(17,3-8)7-12/h8-9,17H,2-7H2,1H3. The highest BCUT2D eigenvalue weighted by Gasteiger charge is 2.63. The second-order valence-corrected chi connectivity index (χ2v) is 8.50. The van der Waals surface area contributed by atoms with Crippen molar-refractivity contribution in [3.8, 4) is 0 Å². The number of esters is 1. The molecule has 4 aliphatic carbocycles. The number of hydrogen-bond acceptors (Lipinski definition) is 6. The lowest BCUT2D eigenvalue weighted by Crippen LogP contribution is -2.61. The Kier molecular flexibility index (Phi) is 3.37. The van der Waals surface area contributed by atoms with Crippen molar-refractivity contribution in [2.24, 2.45) is 11.8 Å². The summed E-state index contributed by atoms with van der Waals surface area (Å²) in [7, 11) is -4.80. The predicted molar refractivity (Wildman–Crippen MR) is 69.3 cm³/mol. The Labute approximate surface area is 126 Å². The molecule has 0 radical (unpaired) electrons. The average Bonchev–Trinajstić information content (AvgIpc) is 2.32. The minimum Gasteiger partial charge on any atom is -0.464 e. The van der Waals surface area contributed by atoms with Gasteiger partial charge in [-0.1, -0.05) is 0 Å². The first-order chi connectivity index (χ1) is 10.0. The molecule has 4 rings (SSSR count). The lowest BCUT2D eigenvalue weighted by molar-refractivity contribution is -0.189. The molecule has 9 heteroatoms. The molecule has 4 saturated carbocycles. The van der Waals surface area contributed by atoms with Gasteiger partial charge in [-0.2, -0.15) is 17.2 Å². The van der Waals surface area contributed by atoms with Crippen molar-refractivity contribution < 1.29 is 36.0 Å². The third-order valence-electron chi connectivity index (χ3n) is 5.00. The molecule has 4 fully saturated rings. The maximum absolute atomic E-state index is 13.7. The molecule has 0 amide bonds. The molecule has 2 atom stereocenters. The van der Waals surface area contributed by atoms with Gasteiger partial charge in [0, 0.05) is 6.42 Å². The van der Waals surface area contributed by atoms with Crippen LogP contribution in [0.4, 0.5) is 8.78 Å². The van der Waals surface area contributed by atoms with Crippen LogP contribution >= 0.6 is 0 Å². The Morgan fingerprint density at radius 3 is 2.23 bits per heavy atom. The fourth-order valence-corrected chi connectivity index (χ4v) is 5.79. The van der Waals surface area contributed by atoms with Gasteiger partial charge in [-0.15, -0.1) is 0 Å². The average molecular weight is 340 g/mol. The minimum absolute atomic E-state index is 0.00345. The summed E-state index contributed by atoms with van der Waals surface area (Å²) < 4.78 is 59.9. The Morgan fingerprint density at radius 2 is 1.77 bits per heavy atom. The highest BCUT2D eigenvalue weighted by atomic mass is 32.2. The van der Waals surface area contributed by atoms with E-state index >= 15 is 0 Å². The van der Waals surface area contributed by atoms with E-state index in [9.17, 15) is 27.1 Å². The molecule has 0 heterocycles. The van der Waals surface area contributed by atoms with E-state index in [1.807, 2.05) is 0 Å². The van der Waals surface area contributed by atoms with E-state index < -0.39 is 32.5 Å². The van der Waals surface area contributed by atoms with Crippen molar-refractivity contribution in [1.29, 1.82) is 0 Å². The quantitative estimate of drug-likeness (QED) is 0.611. The van der Waals surface area contributed by atoms with Gasteiger partial charge in [-0.25, -0.2) is 4.79 Å². The molecule has 2 unspecified atom stereocenters. The van der Waals surface area contributed by atoms with Crippen molar-refractivity contribution >= 4 is 16.1 Å². The first-order valence-corrected chi connectivity index (χ1v) is 8.56. The largest absolute Gasteiger partial charge is 0.466 e. The topological polar surface area (TPSA) is 89.9 Å². The number of rotatable bonds is 4. The minimum atomic E-state index is -5.48. The van der Waals surface area contributed by atoms with Gasteiger partial charge >= 0.3 is 21.3 Å².